The van der Waals surface area contributed by atoms with Gasteiger partial charge < -0.3 is 15.2 Å². The van der Waals surface area contributed by atoms with Gasteiger partial charge in [0.25, 0.3) is 0 Å². The Bertz CT molecular complexity index is 1090. The van der Waals surface area contributed by atoms with Crippen molar-refractivity contribution in [3.05, 3.63) is 35.7 Å². The molecule has 158 valence electrons. The van der Waals surface area contributed by atoms with Crippen LogP contribution in [0.4, 0.5) is 5.82 Å². The molecule has 0 unspecified atom stereocenters. The molecule has 2 fully saturated rings. The summed E-state index contributed by atoms with van der Waals surface area (Å²) in [7, 11) is 0. The van der Waals surface area contributed by atoms with Gasteiger partial charge in [0.1, 0.15) is 17.5 Å². The van der Waals surface area contributed by atoms with Crippen molar-refractivity contribution in [1.82, 2.24) is 25.3 Å². The highest BCUT2D eigenvalue weighted by Gasteiger charge is 2.48. The van der Waals surface area contributed by atoms with Gasteiger partial charge >= 0.3 is 0 Å². The first-order valence-corrected chi connectivity index (χ1v) is 11.0. The first-order chi connectivity index (χ1) is 14.7. The van der Waals surface area contributed by atoms with E-state index in [2.05, 4.69) is 32.1 Å². The van der Waals surface area contributed by atoms with Crippen molar-refractivity contribution in [3.8, 4) is 11.4 Å². The van der Waals surface area contributed by atoms with E-state index in [-0.39, 0.29) is 13.4 Å². The van der Waals surface area contributed by atoms with Gasteiger partial charge in [-0.05, 0) is 43.2 Å². The summed E-state index contributed by atoms with van der Waals surface area (Å²) >= 11 is 6.15. The molecule has 8 heteroatoms. The number of halogens is 1. The molecule has 1 aliphatic heterocycles. The number of amides is 1. The number of aromatic amines is 1. The molecule has 0 aromatic carbocycles. The van der Waals surface area contributed by atoms with Crippen LogP contribution in [-0.2, 0) is 4.79 Å². The maximum absolute atomic E-state index is 13.0. The van der Waals surface area contributed by atoms with E-state index in [1.807, 2.05) is 18.3 Å². The molecule has 0 spiro atoms. The van der Waals surface area contributed by atoms with Gasteiger partial charge in [0.15, 0.2) is 5.82 Å². The Kier molecular flexibility index (Phi) is 5.06. The summed E-state index contributed by atoms with van der Waals surface area (Å²) in [6, 6.07) is 3.61. The number of nitrogens with one attached hydrogen (secondary N) is 2. The third kappa shape index (κ3) is 3.31. The third-order valence-electron chi connectivity index (χ3n) is 6.38. The van der Waals surface area contributed by atoms with Gasteiger partial charge in [-0.25, -0.2) is 15.0 Å². The summed E-state index contributed by atoms with van der Waals surface area (Å²) in [6.07, 6.45) is 9.67. The van der Waals surface area contributed by atoms with Crippen LogP contribution in [0.3, 0.4) is 0 Å². The molecule has 3 aromatic heterocycles. The Balaban J connectivity index is 0.00000231. The van der Waals surface area contributed by atoms with Crippen molar-refractivity contribution in [2.24, 2.45) is 11.8 Å². The number of pyridine rings is 1. The average Bonchev–Trinajstić information content (AvgIpc) is 3.45. The van der Waals surface area contributed by atoms with Gasteiger partial charge in [-0.1, -0.05) is 24.9 Å². The molecule has 30 heavy (non-hydrogen) atoms. The highest BCUT2D eigenvalue weighted by atomic mass is 35.5. The maximum atomic E-state index is 13.0. The Morgan fingerprint density at radius 2 is 2.30 bits per heavy atom. The standard InChI is InChI=1S/C22H25ClN6O.H2/c1-2-7-25-22(30)19-15-5-3-4-13(15)12-29(19)18-6-8-24-21(28-18)17-11-27-20-16(17)9-14(23)10-26-20;/h6,8-11,13,15,19H,2-5,7,12H2,1H3,(H,25,30)(H,26,27);1H/t13-,15-,19-;/m1./s1. The summed E-state index contributed by atoms with van der Waals surface area (Å²) in [5.41, 5.74) is 1.60. The Hall–Kier alpha value is -2.67. The minimum atomic E-state index is -0.161. The van der Waals surface area contributed by atoms with Crippen molar-refractivity contribution in [2.45, 2.75) is 38.6 Å². The van der Waals surface area contributed by atoms with Crippen LogP contribution in [0.15, 0.2) is 30.7 Å². The van der Waals surface area contributed by atoms with Crippen molar-refractivity contribution in [3.63, 3.8) is 0 Å². The van der Waals surface area contributed by atoms with Gasteiger partial charge in [0, 0.05) is 44.1 Å². The molecule has 3 atom stereocenters. The number of H-pyrrole nitrogens is 1. The van der Waals surface area contributed by atoms with Crippen LogP contribution in [0.25, 0.3) is 22.4 Å². The van der Waals surface area contributed by atoms with Crippen molar-refractivity contribution < 1.29 is 6.22 Å². The first kappa shape index (κ1) is 19.3. The van der Waals surface area contributed by atoms with E-state index in [1.54, 1.807) is 12.4 Å². The number of carbonyl (C=O) groups excluding carboxylic acids is 1. The Morgan fingerprint density at radius 1 is 1.40 bits per heavy atom. The van der Waals surface area contributed by atoms with E-state index in [1.165, 1.54) is 12.8 Å². The molecule has 7 nitrogen and oxygen atoms in total. The molecule has 0 bridgehead atoms. The molecule has 0 radical (unpaired) electrons. The zero-order valence-corrected chi connectivity index (χ0v) is 17.7. The second kappa shape index (κ2) is 7.87. The van der Waals surface area contributed by atoms with Crippen molar-refractivity contribution in [2.75, 3.05) is 18.0 Å². The van der Waals surface area contributed by atoms with Crippen molar-refractivity contribution >= 4 is 34.4 Å². The molecule has 1 saturated carbocycles. The lowest BCUT2D eigenvalue weighted by Gasteiger charge is -2.28. The molecular formula is C22H27ClN6O. The zero-order chi connectivity index (χ0) is 20.7. The Morgan fingerprint density at radius 3 is 3.17 bits per heavy atom. The minimum Gasteiger partial charge on any atom is -0.354 e. The van der Waals surface area contributed by atoms with E-state index in [0.29, 0.717) is 29.2 Å². The topological polar surface area (TPSA) is 86.8 Å². The van der Waals surface area contributed by atoms with Gasteiger partial charge in [0.2, 0.25) is 5.91 Å². The fourth-order valence-corrected chi connectivity index (χ4v) is 5.19. The highest BCUT2D eigenvalue weighted by molar-refractivity contribution is 6.31. The van der Waals surface area contributed by atoms with Gasteiger partial charge in [0.05, 0.1) is 5.02 Å². The lowest BCUT2D eigenvalue weighted by Crippen LogP contribution is -2.46. The molecule has 2 aliphatic rings. The number of rotatable bonds is 5. The van der Waals surface area contributed by atoms with Gasteiger partial charge in [-0.15, -0.1) is 0 Å². The van der Waals surface area contributed by atoms with Gasteiger partial charge in [-0.3, -0.25) is 4.79 Å². The third-order valence-corrected chi connectivity index (χ3v) is 6.59. The first-order valence-electron chi connectivity index (χ1n) is 10.7. The number of hydrogen-bond acceptors (Lipinski definition) is 5. The zero-order valence-electron chi connectivity index (χ0n) is 16.9. The fourth-order valence-electron chi connectivity index (χ4n) is 5.03. The lowest BCUT2D eigenvalue weighted by molar-refractivity contribution is -0.123. The van der Waals surface area contributed by atoms with Crippen LogP contribution in [0.1, 0.15) is 34.0 Å². The summed E-state index contributed by atoms with van der Waals surface area (Å²) in [5.74, 6) is 2.48. The van der Waals surface area contributed by atoms with Gasteiger partial charge in [-0.2, -0.15) is 0 Å². The molecule has 4 heterocycles. The predicted octanol–water partition coefficient (Wildman–Crippen LogP) is 4.05. The summed E-state index contributed by atoms with van der Waals surface area (Å²) in [4.78, 5) is 32.1. The lowest BCUT2D eigenvalue weighted by atomic mass is 9.93. The van der Waals surface area contributed by atoms with Crippen LogP contribution in [0.2, 0.25) is 5.02 Å². The van der Waals surface area contributed by atoms with E-state index in [0.717, 1.165) is 41.8 Å². The molecular weight excluding hydrogens is 400 g/mol. The maximum Gasteiger partial charge on any atom is 0.243 e. The molecule has 1 amide bonds. The largest absolute Gasteiger partial charge is 0.354 e. The summed E-state index contributed by atoms with van der Waals surface area (Å²) in [5, 5.41) is 4.56. The molecule has 3 aromatic rings. The second-order valence-corrected chi connectivity index (χ2v) is 8.67. The van der Waals surface area contributed by atoms with Crippen LogP contribution in [-0.4, -0.2) is 45.0 Å². The van der Waals surface area contributed by atoms with E-state index in [9.17, 15) is 4.79 Å². The number of hydrogen-bond donors (Lipinski definition) is 2. The number of carbonyl (C=O) groups is 1. The molecule has 1 aliphatic carbocycles. The van der Waals surface area contributed by atoms with Crippen LogP contribution in [0.5, 0.6) is 0 Å². The normalized spacial score (nSPS) is 23.1. The quantitative estimate of drug-likeness (QED) is 0.642. The average molecular weight is 427 g/mol. The van der Waals surface area contributed by atoms with Crippen molar-refractivity contribution in [1.29, 1.82) is 0 Å². The summed E-state index contributed by atoms with van der Waals surface area (Å²) in [6.45, 7) is 3.65. The smallest absolute Gasteiger partial charge is 0.243 e. The predicted molar refractivity (Wildman–Crippen MR) is 120 cm³/mol. The Labute approximate surface area is 181 Å². The fraction of sp³-hybridized carbons (Fsp3) is 0.455. The van der Waals surface area contributed by atoms with E-state index in [4.69, 9.17) is 16.6 Å². The summed E-state index contributed by atoms with van der Waals surface area (Å²) < 4.78 is 0. The number of nitrogens with zero attached hydrogens (tertiary/aromatic N) is 4. The molecule has 2 N–H and O–H groups in total. The highest BCUT2D eigenvalue weighted by Crippen LogP contribution is 2.43. The second-order valence-electron chi connectivity index (χ2n) is 8.23. The van der Waals surface area contributed by atoms with E-state index >= 15 is 0 Å². The minimum absolute atomic E-state index is 0. The SMILES string of the molecule is CCCNC(=O)[C@H]1[C@@H]2CCC[C@@H]2CN1c1ccnc(-c2c[nH]c3ncc(Cl)cc23)n1.[HH]. The molecule has 1 saturated heterocycles. The van der Waals surface area contributed by atoms with E-state index < -0.39 is 0 Å². The number of fused-ring (bicyclic) bond motifs is 2. The van der Waals surface area contributed by atoms with Crippen LogP contribution in [0, 0.1) is 11.8 Å². The van der Waals surface area contributed by atoms with Crippen LogP contribution < -0.4 is 10.2 Å². The number of aromatic nitrogens is 4. The molecule has 5 rings (SSSR count). The van der Waals surface area contributed by atoms with Crippen LogP contribution >= 0.6 is 11.6 Å². The monoisotopic (exact) mass is 426 g/mol. The number of anilines is 1.